The molecular weight excluding hydrogens is 342 g/mol. The summed E-state index contributed by atoms with van der Waals surface area (Å²) in [6.07, 6.45) is -4.40. The highest BCUT2D eigenvalue weighted by Gasteiger charge is 2.33. The highest BCUT2D eigenvalue weighted by molar-refractivity contribution is 9.10. The number of hydrogen-bond acceptors (Lipinski definition) is 1. The van der Waals surface area contributed by atoms with E-state index in [0.717, 1.165) is 11.6 Å². The summed E-state index contributed by atoms with van der Waals surface area (Å²) in [4.78, 5) is 0. The third-order valence-corrected chi connectivity index (χ3v) is 3.16. The first-order valence-electron chi connectivity index (χ1n) is 4.40. The minimum atomic E-state index is -4.40. The second-order valence-electron chi connectivity index (χ2n) is 3.10. The van der Waals surface area contributed by atoms with Gasteiger partial charge in [-0.15, -0.1) is 0 Å². The first-order valence-corrected chi connectivity index (χ1v) is 6.00. The topological polar surface area (TPSA) is 12.0 Å². The minimum Gasteiger partial charge on any atom is -0.380 e. The van der Waals surface area contributed by atoms with Crippen LogP contribution in [0.2, 0.25) is 0 Å². The van der Waals surface area contributed by atoms with E-state index in [1.165, 1.54) is 12.1 Å². The number of hydrogen-bond donors (Lipinski definition) is 1. The number of benzene rings is 1. The van der Waals surface area contributed by atoms with Gasteiger partial charge in [0.15, 0.2) is 0 Å². The van der Waals surface area contributed by atoms with Crippen molar-refractivity contribution in [3.05, 3.63) is 38.8 Å². The summed E-state index contributed by atoms with van der Waals surface area (Å²) in [6.45, 7) is 0.171. The molecule has 1 N–H and O–H groups in total. The van der Waals surface area contributed by atoms with E-state index in [0.29, 0.717) is 10.7 Å². The van der Waals surface area contributed by atoms with Gasteiger partial charge < -0.3 is 5.32 Å². The molecule has 0 heterocycles. The molecule has 1 rings (SSSR count). The molecule has 0 fully saturated rings. The maximum atomic E-state index is 12.6. The van der Waals surface area contributed by atoms with Crippen molar-refractivity contribution in [1.82, 2.24) is 0 Å². The van der Waals surface area contributed by atoms with Crippen molar-refractivity contribution < 1.29 is 13.2 Å². The number of nitrogens with one attached hydrogen (secondary N) is 1. The first-order chi connectivity index (χ1) is 7.84. The Labute approximate surface area is 115 Å². The van der Waals surface area contributed by atoms with Crippen molar-refractivity contribution in [1.29, 1.82) is 0 Å². The molecule has 0 aliphatic rings. The van der Waals surface area contributed by atoms with Crippen molar-refractivity contribution in [3.63, 3.8) is 0 Å². The van der Waals surface area contributed by atoms with Crippen molar-refractivity contribution in [2.24, 2.45) is 0 Å². The van der Waals surface area contributed by atoms with Crippen molar-refractivity contribution in [2.45, 2.75) is 6.18 Å². The lowest BCUT2D eigenvalue weighted by atomic mass is 10.2. The molecule has 0 aliphatic heterocycles. The van der Waals surface area contributed by atoms with E-state index < -0.39 is 11.7 Å². The van der Waals surface area contributed by atoms with Gasteiger partial charge in [0, 0.05) is 20.7 Å². The van der Waals surface area contributed by atoms with Gasteiger partial charge >= 0.3 is 6.18 Å². The number of anilines is 1. The number of halogens is 6. The highest BCUT2D eigenvalue weighted by Crippen LogP contribution is 2.36. The summed E-state index contributed by atoms with van der Waals surface area (Å²) in [5, 5.41) is 3.04. The fraction of sp³-hybridized carbons (Fsp3) is 0.200. The second-order valence-corrected chi connectivity index (χ2v) is 4.66. The van der Waals surface area contributed by atoms with Gasteiger partial charge in [-0.3, -0.25) is 0 Å². The quantitative estimate of drug-likeness (QED) is 0.791. The molecule has 0 amide bonds. The molecule has 1 aromatic carbocycles. The SMILES string of the molecule is FC(F)(F)c1cc(NCC(Cl)=CCl)ccc1Br. The Balaban J connectivity index is 2.90. The van der Waals surface area contributed by atoms with Crippen LogP contribution in [0.25, 0.3) is 0 Å². The van der Waals surface area contributed by atoms with Crippen LogP contribution in [-0.4, -0.2) is 6.54 Å². The Morgan fingerprint density at radius 2 is 2.06 bits per heavy atom. The molecule has 94 valence electrons. The Morgan fingerprint density at radius 3 is 2.59 bits per heavy atom. The Morgan fingerprint density at radius 1 is 1.41 bits per heavy atom. The molecule has 17 heavy (non-hydrogen) atoms. The van der Waals surface area contributed by atoms with E-state index in [2.05, 4.69) is 21.2 Å². The van der Waals surface area contributed by atoms with Crippen LogP contribution >= 0.6 is 39.1 Å². The molecule has 0 saturated carbocycles. The van der Waals surface area contributed by atoms with Crippen molar-refractivity contribution >= 4 is 44.8 Å². The normalized spacial score (nSPS) is 12.7. The van der Waals surface area contributed by atoms with E-state index in [9.17, 15) is 13.2 Å². The van der Waals surface area contributed by atoms with Crippen LogP contribution in [0, 0.1) is 0 Å². The van der Waals surface area contributed by atoms with Gasteiger partial charge in [-0.2, -0.15) is 13.2 Å². The van der Waals surface area contributed by atoms with Crippen LogP contribution in [0.3, 0.4) is 0 Å². The monoisotopic (exact) mass is 347 g/mol. The van der Waals surface area contributed by atoms with E-state index in [-0.39, 0.29) is 11.0 Å². The maximum absolute atomic E-state index is 12.6. The summed E-state index contributed by atoms with van der Waals surface area (Å²) in [5.74, 6) is 0. The average Bonchev–Trinajstić information content (AvgIpc) is 2.26. The van der Waals surface area contributed by atoms with Gasteiger partial charge in [-0.25, -0.2) is 0 Å². The molecule has 0 unspecified atom stereocenters. The maximum Gasteiger partial charge on any atom is 0.417 e. The summed E-state index contributed by atoms with van der Waals surface area (Å²) < 4.78 is 37.7. The van der Waals surface area contributed by atoms with Gasteiger partial charge in [0.2, 0.25) is 0 Å². The molecular formula is C10H7BrCl2F3N. The second kappa shape index (κ2) is 5.98. The lowest BCUT2D eigenvalue weighted by Gasteiger charge is -2.12. The molecule has 0 radical (unpaired) electrons. The van der Waals surface area contributed by atoms with Gasteiger partial charge in [0.25, 0.3) is 0 Å². The lowest BCUT2D eigenvalue weighted by Crippen LogP contribution is -2.08. The molecule has 0 bridgehead atoms. The number of alkyl halides is 3. The molecule has 1 aromatic rings. The molecule has 1 nitrogen and oxygen atoms in total. The molecule has 0 aromatic heterocycles. The fourth-order valence-electron chi connectivity index (χ4n) is 1.08. The smallest absolute Gasteiger partial charge is 0.380 e. The standard InChI is InChI=1S/C10H7BrCl2F3N/c11-9-2-1-7(17-5-6(13)4-12)3-8(9)10(14,15)16/h1-4,17H,5H2. The van der Waals surface area contributed by atoms with Gasteiger partial charge in [-0.05, 0) is 18.2 Å². The zero-order valence-corrected chi connectivity index (χ0v) is 11.4. The Kier molecular flexibility index (Phi) is 5.16. The van der Waals surface area contributed by atoms with Crippen LogP contribution in [-0.2, 0) is 6.18 Å². The highest BCUT2D eigenvalue weighted by atomic mass is 79.9. The lowest BCUT2D eigenvalue weighted by molar-refractivity contribution is -0.138. The summed E-state index contributed by atoms with van der Waals surface area (Å²) in [5.41, 5.74) is 0.726. The number of rotatable bonds is 3. The van der Waals surface area contributed by atoms with E-state index >= 15 is 0 Å². The van der Waals surface area contributed by atoms with Crippen LogP contribution in [0.5, 0.6) is 0 Å². The van der Waals surface area contributed by atoms with Crippen molar-refractivity contribution in [3.8, 4) is 0 Å². The predicted octanol–water partition coefficient (Wildman–Crippen LogP) is 5.20. The summed E-state index contributed by atoms with van der Waals surface area (Å²) in [6, 6.07) is 3.84. The Bertz CT molecular complexity index is 432. The van der Waals surface area contributed by atoms with Crippen LogP contribution < -0.4 is 5.32 Å². The molecule has 0 aliphatic carbocycles. The van der Waals surface area contributed by atoms with Gasteiger partial charge in [-0.1, -0.05) is 39.1 Å². The molecule has 0 saturated heterocycles. The van der Waals surface area contributed by atoms with Crippen LogP contribution in [0.15, 0.2) is 33.2 Å². The third-order valence-electron chi connectivity index (χ3n) is 1.85. The predicted molar refractivity (Wildman–Crippen MR) is 67.4 cm³/mol. The van der Waals surface area contributed by atoms with Gasteiger partial charge in [0.05, 0.1) is 12.1 Å². The van der Waals surface area contributed by atoms with E-state index in [4.69, 9.17) is 23.2 Å². The zero-order chi connectivity index (χ0) is 13.1. The Hall–Kier alpha value is -0.390. The van der Waals surface area contributed by atoms with Crippen LogP contribution in [0.1, 0.15) is 5.56 Å². The molecule has 0 spiro atoms. The minimum absolute atomic E-state index is 0.00506. The van der Waals surface area contributed by atoms with Crippen LogP contribution in [0.4, 0.5) is 18.9 Å². The summed E-state index contributed by atoms with van der Waals surface area (Å²) >= 11 is 13.8. The largest absolute Gasteiger partial charge is 0.417 e. The molecule has 0 atom stereocenters. The summed E-state index contributed by atoms with van der Waals surface area (Å²) in [7, 11) is 0. The average molecular weight is 349 g/mol. The third kappa shape index (κ3) is 4.41. The zero-order valence-electron chi connectivity index (χ0n) is 8.28. The van der Waals surface area contributed by atoms with E-state index in [1.807, 2.05) is 0 Å². The first kappa shape index (κ1) is 14.7. The molecule has 7 heteroatoms. The van der Waals surface area contributed by atoms with Crippen molar-refractivity contribution in [2.75, 3.05) is 11.9 Å². The van der Waals surface area contributed by atoms with E-state index in [1.54, 1.807) is 0 Å². The fourth-order valence-corrected chi connectivity index (χ4v) is 1.69. The van der Waals surface area contributed by atoms with Gasteiger partial charge in [0.1, 0.15) is 0 Å².